The summed E-state index contributed by atoms with van der Waals surface area (Å²) in [6, 6.07) is 16.3. The maximum atomic E-state index is 12.6. The predicted molar refractivity (Wildman–Crippen MR) is 103 cm³/mol. The van der Waals surface area contributed by atoms with Gasteiger partial charge in [0, 0.05) is 23.7 Å². The van der Waals surface area contributed by atoms with Crippen LogP contribution in [0.25, 0.3) is 0 Å². The molecule has 0 aliphatic carbocycles. The van der Waals surface area contributed by atoms with E-state index < -0.39 is 0 Å². The van der Waals surface area contributed by atoms with E-state index in [0.717, 1.165) is 22.7 Å². The largest absolute Gasteiger partial charge is 0.498 e. The summed E-state index contributed by atoms with van der Waals surface area (Å²) >= 11 is 0. The van der Waals surface area contributed by atoms with Crippen LogP contribution in [-0.4, -0.2) is 26.3 Å². The highest BCUT2D eigenvalue weighted by Crippen LogP contribution is 2.53. The zero-order valence-corrected chi connectivity index (χ0v) is 15.6. The van der Waals surface area contributed by atoms with Crippen molar-refractivity contribution in [3.05, 3.63) is 71.6 Å². The van der Waals surface area contributed by atoms with Gasteiger partial charge in [0.05, 0.1) is 19.4 Å². The lowest BCUT2D eigenvalue weighted by atomic mass is 9.84. The molecule has 0 spiro atoms. The number of anilines is 1. The summed E-state index contributed by atoms with van der Waals surface area (Å²) in [6.45, 7) is 3.18. The Bertz CT molecular complexity index is 862. The zero-order valence-electron chi connectivity index (χ0n) is 15.6. The number of nitrogens with zero attached hydrogens (tertiary/aromatic N) is 1. The molecule has 2 aromatic rings. The molecule has 4 rings (SSSR count). The van der Waals surface area contributed by atoms with E-state index >= 15 is 0 Å². The van der Waals surface area contributed by atoms with Gasteiger partial charge >= 0.3 is 5.97 Å². The van der Waals surface area contributed by atoms with Crippen LogP contribution in [-0.2, 0) is 20.8 Å². The van der Waals surface area contributed by atoms with Gasteiger partial charge in [0.2, 0.25) is 0 Å². The second-order valence-corrected chi connectivity index (χ2v) is 6.68. The first kappa shape index (κ1) is 17.5. The van der Waals surface area contributed by atoms with Gasteiger partial charge in [0.25, 0.3) is 0 Å². The van der Waals surface area contributed by atoms with Crippen LogP contribution >= 0.6 is 0 Å². The highest BCUT2D eigenvalue weighted by atomic mass is 16.5. The number of hydrogen-bond donors (Lipinski definition) is 0. The molecule has 0 aromatic heterocycles. The van der Waals surface area contributed by atoms with Crippen LogP contribution in [0.5, 0.6) is 5.75 Å². The molecular weight excluding hydrogens is 342 g/mol. The highest BCUT2D eigenvalue weighted by Gasteiger charge is 2.46. The van der Waals surface area contributed by atoms with Crippen molar-refractivity contribution in [1.29, 1.82) is 0 Å². The standard InChI is InChI=1S/C22H23NO4/c1-3-27-22(24)16-13-26-14-18-20(16)21-17(10-7-11-19(21)25-2)23(18)12-15-8-5-4-6-9-15/h4-11,14,16,20H,3,12-13H2,1-2H3. The van der Waals surface area contributed by atoms with Gasteiger partial charge in [-0.15, -0.1) is 0 Å². The summed E-state index contributed by atoms with van der Waals surface area (Å²) in [5.74, 6) is 0.0371. The maximum Gasteiger partial charge on any atom is 0.313 e. The van der Waals surface area contributed by atoms with Crippen LogP contribution in [0.3, 0.4) is 0 Å². The number of carbonyl (C=O) groups is 1. The van der Waals surface area contributed by atoms with Gasteiger partial charge in [0.15, 0.2) is 0 Å². The van der Waals surface area contributed by atoms with Crippen molar-refractivity contribution < 1.29 is 19.0 Å². The summed E-state index contributed by atoms with van der Waals surface area (Å²) in [6.07, 6.45) is 1.78. The normalized spacial score (nSPS) is 20.2. The van der Waals surface area contributed by atoms with Crippen molar-refractivity contribution in [2.24, 2.45) is 5.92 Å². The lowest BCUT2D eigenvalue weighted by molar-refractivity contribution is -0.150. The molecule has 2 aromatic carbocycles. The van der Waals surface area contributed by atoms with Crippen molar-refractivity contribution in [1.82, 2.24) is 0 Å². The van der Waals surface area contributed by atoms with Crippen molar-refractivity contribution in [3.8, 4) is 5.75 Å². The Balaban J connectivity index is 1.80. The fourth-order valence-corrected chi connectivity index (χ4v) is 3.99. The third-order valence-corrected chi connectivity index (χ3v) is 5.15. The Morgan fingerprint density at radius 2 is 2.00 bits per heavy atom. The maximum absolute atomic E-state index is 12.6. The number of benzene rings is 2. The Hall–Kier alpha value is -2.95. The van der Waals surface area contributed by atoms with Gasteiger partial charge in [-0.05, 0) is 24.6 Å². The molecule has 0 N–H and O–H groups in total. The lowest BCUT2D eigenvalue weighted by Gasteiger charge is -2.30. The Morgan fingerprint density at radius 1 is 1.19 bits per heavy atom. The van der Waals surface area contributed by atoms with Gasteiger partial charge in [-0.1, -0.05) is 36.4 Å². The van der Waals surface area contributed by atoms with Crippen molar-refractivity contribution in [2.75, 3.05) is 25.2 Å². The van der Waals surface area contributed by atoms with Crippen LogP contribution in [0, 0.1) is 5.92 Å². The van der Waals surface area contributed by atoms with Gasteiger partial charge in [-0.25, -0.2) is 0 Å². The van der Waals surface area contributed by atoms with E-state index in [-0.39, 0.29) is 17.8 Å². The molecule has 0 radical (unpaired) electrons. The Kier molecular flexibility index (Phi) is 4.75. The van der Waals surface area contributed by atoms with Crippen LogP contribution < -0.4 is 9.64 Å². The number of fused-ring (bicyclic) bond motifs is 3. The van der Waals surface area contributed by atoms with Crippen LogP contribution in [0.15, 0.2) is 60.5 Å². The van der Waals surface area contributed by atoms with E-state index in [4.69, 9.17) is 14.2 Å². The van der Waals surface area contributed by atoms with Crippen LogP contribution in [0.4, 0.5) is 5.69 Å². The molecule has 2 unspecified atom stereocenters. The molecule has 5 nitrogen and oxygen atoms in total. The Morgan fingerprint density at radius 3 is 2.74 bits per heavy atom. The highest BCUT2D eigenvalue weighted by molar-refractivity contribution is 5.81. The molecule has 0 saturated carbocycles. The summed E-state index contributed by atoms with van der Waals surface area (Å²) in [4.78, 5) is 14.8. The van der Waals surface area contributed by atoms with Crippen LogP contribution in [0.1, 0.15) is 24.0 Å². The number of carbonyl (C=O) groups excluding carboxylic acids is 1. The molecule has 2 aliphatic heterocycles. The number of methoxy groups -OCH3 is 1. The van der Waals surface area contributed by atoms with Crippen molar-refractivity contribution in [3.63, 3.8) is 0 Å². The number of allylic oxidation sites excluding steroid dienone is 1. The van der Waals surface area contributed by atoms with Crippen molar-refractivity contribution >= 4 is 11.7 Å². The Labute approximate surface area is 159 Å². The molecular formula is C22H23NO4. The molecule has 0 bridgehead atoms. The van der Waals surface area contributed by atoms with Crippen molar-refractivity contribution in [2.45, 2.75) is 19.4 Å². The second kappa shape index (κ2) is 7.35. The van der Waals surface area contributed by atoms with E-state index in [2.05, 4.69) is 23.1 Å². The van der Waals surface area contributed by atoms with E-state index in [0.29, 0.717) is 19.8 Å². The third-order valence-electron chi connectivity index (χ3n) is 5.15. The topological polar surface area (TPSA) is 48.0 Å². The molecule has 2 atom stereocenters. The summed E-state index contributed by atoms with van der Waals surface area (Å²) in [7, 11) is 1.66. The van der Waals surface area contributed by atoms with E-state index in [1.54, 1.807) is 13.4 Å². The number of esters is 1. The van der Waals surface area contributed by atoms with Gasteiger partial charge in [-0.2, -0.15) is 0 Å². The van der Waals surface area contributed by atoms with Gasteiger partial charge in [-0.3, -0.25) is 4.79 Å². The smallest absolute Gasteiger partial charge is 0.313 e. The number of rotatable bonds is 5. The molecule has 0 saturated heterocycles. The van der Waals surface area contributed by atoms with Crippen LogP contribution in [0.2, 0.25) is 0 Å². The average molecular weight is 365 g/mol. The van der Waals surface area contributed by atoms with Gasteiger partial charge in [0.1, 0.15) is 24.5 Å². The van der Waals surface area contributed by atoms with Gasteiger partial charge < -0.3 is 19.1 Å². The average Bonchev–Trinajstić information content (AvgIpc) is 3.03. The first-order valence-corrected chi connectivity index (χ1v) is 9.21. The molecule has 5 heteroatoms. The first-order valence-electron chi connectivity index (χ1n) is 9.21. The molecule has 27 heavy (non-hydrogen) atoms. The molecule has 140 valence electrons. The quantitative estimate of drug-likeness (QED) is 0.753. The summed E-state index contributed by atoms with van der Waals surface area (Å²) in [5, 5.41) is 0. The summed E-state index contributed by atoms with van der Waals surface area (Å²) in [5.41, 5.74) is 4.24. The summed E-state index contributed by atoms with van der Waals surface area (Å²) < 4.78 is 16.7. The van der Waals surface area contributed by atoms with E-state index in [1.165, 1.54) is 5.56 Å². The number of ether oxygens (including phenoxy) is 3. The number of hydrogen-bond acceptors (Lipinski definition) is 5. The molecule has 2 aliphatic rings. The second-order valence-electron chi connectivity index (χ2n) is 6.68. The lowest BCUT2D eigenvalue weighted by Crippen LogP contribution is -2.33. The zero-order chi connectivity index (χ0) is 18.8. The first-order chi connectivity index (χ1) is 13.2. The SMILES string of the molecule is CCOC(=O)C1COC=C2C1c1c(OC)cccc1N2Cc1ccccc1. The minimum Gasteiger partial charge on any atom is -0.498 e. The fourth-order valence-electron chi connectivity index (χ4n) is 3.99. The third kappa shape index (κ3) is 3.03. The molecule has 0 fully saturated rings. The minimum atomic E-state index is -0.388. The molecule has 0 amide bonds. The van der Waals surface area contributed by atoms with E-state index in [1.807, 2.05) is 37.3 Å². The monoisotopic (exact) mass is 365 g/mol. The predicted octanol–water partition coefficient (Wildman–Crippen LogP) is 3.85. The van der Waals surface area contributed by atoms with E-state index in [9.17, 15) is 4.79 Å². The fraction of sp³-hybridized carbons (Fsp3) is 0.318. The molecule has 2 heterocycles. The minimum absolute atomic E-state index is 0.132.